The highest BCUT2D eigenvalue weighted by atomic mass is 35.5. The van der Waals surface area contributed by atoms with Crippen molar-refractivity contribution in [1.82, 2.24) is 4.90 Å². The van der Waals surface area contributed by atoms with Crippen LogP contribution in [0.1, 0.15) is 13.8 Å². The van der Waals surface area contributed by atoms with E-state index >= 15 is 0 Å². The molecular weight excluding hydrogens is 240 g/mol. The average molecular weight is 257 g/mol. The van der Waals surface area contributed by atoms with E-state index in [4.69, 9.17) is 22.1 Å². The highest BCUT2D eigenvalue weighted by molar-refractivity contribution is 6.32. The summed E-state index contributed by atoms with van der Waals surface area (Å²) in [6.45, 7) is 5.20. The Morgan fingerprint density at radius 2 is 2.06 bits per heavy atom. The van der Waals surface area contributed by atoms with Gasteiger partial charge in [-0.15, -0.1) is 0 Å². The van der Waals surface area contributed by atoms with Crippen molar-refractivity contribution in [3.05, 3.63) is 23.2 Å². The molecule has 1 rings (SSSR count). The molecule has 0 atom stereocenters. The van der Waals surface area contributed by atoms with Crippen LogP contribution in [0.25, 0.3) is 0 Å². The maximum Gasteiger partial charge on any atom is 0.260 e. The molecule has 0 saturated carbocycles. The number of carbonyl (C=O) groups is 1. The molecule has 0 fully saturated rings. The quantitative estimate of drug-likeness (QED) is 0.822. The van der Waals surface area contributed by atoms with Gasteiger partial charge in [0.1, 0.15) is 5.75 Å². The lowest BCUT2D eigenvalue weighted by molar-refractivity contribution is -0.132. The van der Waals surface area contributed by atoms with E-state index in [1.165, 1.54) is 0 Å². The van der Waals surface area contributed by atoms with Crippen LogP contribution in [-0.4, -0.2) is 30.5 Å². The minimum absolute atomic E-state index is 0.00861. The van der Waals surface area contributed by atoms with E-state index < -0.39 is 0 Å². The monoisotopic (exact) mass is 256 g/mol. The molecule has 0 aromatic heterocycles. The minimum Gasteiger partial charge on any atom is -0.482 e. The van der Waals surface area contributed by atoms with Crippen molar-refractivity contribution in [1.29, 1.82) is 0 Å². The Morgan fingerprint density at radius 1 is 1.41 bits per heavy atom. The van der Waals surface area contributed by atoms with Gasteiger partial charge in [-0.25, -0.2) is 0 Å². The van der Waals surface area contributed by atoms with Crippen molar-refractivity contribution in [2.75, 3.05) is 25.4 Å². The third-order valence-electron chi connectivity index (χ3n) is 2.42. The second-order valence-corrected chi connectivity index (χ2v) is 3.95. The van der Waals surface area contributed by atoms with Crippen molar-refractivity contribution >= 4 is 23.2 Å². The number of carbonyl (C=O) groups excluding carboxylic acids is 1. The Labute approximate surface area is 106 Å². The number of hydrogen-bond acceptors (Lipinski definition) is 3. The summed E-state index contributed by atoms with van der Waals surface area (Å²) >= 11 is 5.93. The summed E-state index contributed by atoms with van der Waals surface area (Å²) in [5.41, 5.74) is 6.13. The van der Waals surface area contributed by atoms with Crippen molar-refractivity contribution in [3.63, 3.8) is 0 Å². The summed E-state index contributed by atoms with van der Waals surface area (Å²) in [6, 6.07) is 4.94. The molecule has 1 amide bonds. The van der Waals surface area contributed by atoms with Crippen LogP contribution in [-0.2, 0) is 4.79 Å². The Balaban J connectivity index is 2.58. The molecule has 0 aliphatic carbocycles. The lowest BCUT2D eigenvalue weighted by Gasteiger charge is -2.18. The first-order valence-electron chi connectivity index (χ1n) is 5.54. The molecule has 0 aliphatic heterocycles. The second kappa shape index (κ2) is 6.35. The van der Waals surface area contributed by atoms with Gasteiger partial charge >= 0.3 is 0 Å². The van der Waals surface area contributed by atoms with Gasteiger partial charge in [0.05, 0.1) is 5.02 Å². The molecule has 94 valence electrons. The predicted octanol–water partition coefficient (Wildman–Crippen LogP) is 2.17. The molecule has 0 saturated heterocycles. The fourth-order valence-electron chi connectivity index (χ4n) is 1.44. The molecule has 5 heteroatoms. The second-order valence-electron chi connectivity index (χ2n) is 3.54. The SMILES string of the molecule is CCN(CC)C(=O)COc1ccc(N)cc1Cl. The number of hydrogen-bond donors (Lipinski definition) is 1. The highest BCUT2D eigenvalue weighted by Gasteiger charge is 2.11. The van der Waals surface area contributed by atoms with E-state index in [1.807, 2.05) is 13.8 Å². The number of benzene rings is 1. The number of amides is 1. The van der Waals surface area contributed by atoms with Gasteiger partial charge in [0.15, 0.2) is 6.61 Å². The van der Waals surface area contributed by atoms with Crippen LogP contribution in [0.4, 0.5) is 5.69 Å². The van der Waals surface area contributed by atoms with Gasteiger partial charge in [0.25, 0.3) is 5.91 Å². The van der Waals surface area contributed by atoms with Crippen LogP contribution >= 0.6 is 11.6 Å². The lowest BCUT2D eigenvalue weighted by Crippen LogP contribution is -2.34. The zero-order valence-corrected chi connectivity index (χ0v) is 10.8. The van der Waals surface area contributed by atoms with E-state index in [-0.39, 0.29) is 12.5 Å². The topological polar surface area (TPSA) is 55.6 Å². The summed E-state index contributed by atoms with van der Waals surface area (Å²) in [7, 11) is 0. The third kappa shape index (κ3) is 3.82. The number of halogens is 1. The van der Waals surface area contributed by atoms with Crippen LogP contribution in [0.2, 0.25) is 5.02 Å². The first-order valence-corrected chi connectivity index (χ1v) is 5.91. The molecule has 2 N–H and O–H groups in total. The van der Waals surface area contributed by atoms with Crippen molar-refractivity contribution < 1.29 is 9.53 Å². The Kier molecular flexibility index (Phi) is 5.10. The average Bonchev–Trinajstić information content (AvgIpc) is 2.29. The van der Waals surface area contributed by atoms with Crippen molar-refractivity contribution in [2.24, 2.45) is 0 Å². The molecule has 0 bridgehead atoms. The van der Waals surface area contributed by atoms with Crippen LogP contribution in [0.15, 0.2) is 18.2 Å². The van der Waals surface area contributed by atoms with E-state index in [9.17, 15) is 4.79 Å². The molecular formula is C12H17ClN2O2. The minimum atomic E-state index is -0.0529. The summed E-state index contributed by atoms with van der Waals surface area (Å²) in [5.74, 6) is 0.421. The van der Waals surface area contributed by atoms with Gasteiger partial charge in [0, 0.05) is 18.8 Å². The predicted molar refractivity (Wildman–Crippen MR) is 69.3 cm³/mol. The highest BCUT2D eigenvalue weighted by Crippen LogP contribution is 2.26. The van der Waals surface area contributed by atoms with E-state index in [0.29, 0.717) is 29.5 Å². The third-order valence-corrected chi connectivity index (χ3v) is 2.72. The summed E-state index contributed by atoms with van der Waals surface area (Å²) in [5, 5.41) is 0.414. The van der Waals surface area contributed by atoms with Gasteiger partial charge in [-0.3, -0.25) is 4.79 Å². The number of ether oxygens (including phenoxy) is 1. The Morgan fingerprint density at radius 3 is 2.59 bits per heavy atom. The van der Waals surface area contributed by atoms with Crippen LogP contribution in [0.5, 0.6) is 5.75 Å². The fourth-order valence-corrected chi connectivity index (χ4v) is 1.68. The smallest absolute Gasteiger partial charge is 0.260 e. The van der Waals surface area contributed by atoms with E-state index in [1.54, 1.807) is 23.1 Å². The molecule has 0 spiro atoms. The molecule has 0 heterocycles. The summed E-state index contributed by atoms with van der Waals surface area (Å²) < 4.78 is 5.36. The van der Waals surface area contributed by atoms with Crippen LogP contribution in [0, 0.1) is 0 Å². The number of nitrogen functional groups attached to an aromatic ring is 1. The summed E-state index contributed by atoms with van der Waals surface area (Å²) in [4.78, 5) is 13.4. The maximum atomic E-state index is 11.7. The molecule has 4 nitrogen and oxygen atoms in total. The zero-order chi connectivity index (χ0) is 12.8. The number of likely N-dealkylation sites (N-methyl/N-ethyl adjacent to an activating group) is 1. The molecule has 1 aromatic carbocycles. The largest absolute Gasteiger partial charge is 0.482 e. The Hall–Kier alpha value is -1.42. The van der Waals surface area contributed by atoms with Gasteiger partial charge in [-0.05, 0) is 32.0 Å². The van der Waals surface area contributed by atoms with Crippen LogP contribution in [0.3, 0.4) is 0 Å². The Bertz CT molecular complexity index is 392. The molecule has 0 unspecified atom stereocenters. The van der Waals surface area contributed by atoms with E-state index in [2.05, 4.69) is 0 Å². The maximum absolute atomic E-state index is 11.7. The van der Waals surface area contributed by atoms with Gasteiger partial charge in [-0.1, -0.05) is 11.6 Å². The van der Waals surface area contributed by atoms with Crippen molar-refractivity contribution in [3.8, 4) is 5.75 Å². The van der Waals surface area contributed by atoms with Gasteiger partial charge in [0.2, 0.25) is 0 Å². The van der Waals surface area contributed by atoms with Crippen LogP contribution < -0.4 is 10.5 Å². The number of rotatable bonds is 5. The standard InChI is InChI=1S/C12H17ClN2O2/c1-3-15(4-2)12(16)8-17-11-6-5-9(14)7-10(11)13/h5-7H,3-4,8,14H2,1-2H3. The molecule has 0 aliphatic rings. The van der Waals surface area contributed by atoms with E-state index in [0.717, 1.165) is 0 Å². The first-order chi connectivity index (χ1) is 8.08. The molecule has 17 heavy (non-hydrogen) atoms. The number of nitrogens with two attached hydrogens (primary N) is 1. The fraction of sp³-hybridized carbons (Fsp3) is 0.417. The van der Waals surface area contributed by atoms with Gasteiger partial charge in [-0.2, -0.15) is 0 Å². The van der Waals surface area contributed by atoms with Gasteiger partial charge < -0.3 is 15.4 Å². The number of nitrogens with zero attached hydrogens (tertiary/aromatic N) is 1. The normalized spacial score (nSPS) is 10.1. The lowest BCUT2D eigenvalue weighted by atomic mass is 10.3. The zero-order valence-electron chi connectivity index (χ0n) is 10.1. The first kappa shape index (κ1) is 13.6. The summed E-state index contributed by atoms with van der Waals surface area (Å²) in [6.07, 6.45) is 0. The van der Waals surface area contributed by atoms with Crippen molar-refractivity contribution in [2.45, 2.75) is 13.8 Å². The molecule has 1 aromatic rings. The number of anilines is 1. The molecule has 0 radical (unpaired) electrons.